The third-order valence-electron chi connectivity index (χ3n) is 1.98. The van der Waals surface area contributed by atoms with Crippen LogP contribution in [0.15, 0.2) is 24.0 Å². The molecule has 0 saturated heterocycles. The molecule has 0 rings (SSSR count). The van der Waals surface area contributed by atoms with E-state index in [1.807, 2.05) is 13.0 Å². The Hall–Kier alpha value is -1.05. The Balaban J connectivity index is 3.89. The highest BCUT2D eigenvalue weighted by Crippen LogP contribution is 2.03. The Kier molecular flexibility index (Phi) is 5.94. The number of rotatable bonds is 4. The monoisotopic (exact) mass is 182 g/mol. The van der Waals surface area contributed by atoms with Crippen molar-refractivity contribution in [3.63, 3.8) is 0 Å². The summed E-state index contributed by atoms with van der Waals surface area (Å²) >= 11 is 0. The molecule has 0 aliphatic carbocycles. The van der Waals surface area contributed by atoms with Gasteiger partial charge in [0, 0.05) is 5.57 Å². The van der Waals surface area contributed by atoms with Gasteiger partial charge in [0.15, 0.2) is 0 Å². The molecule has 74 valence electrons. The molecule has 0 heterocycles. The molecular weight excluding hydrogens is 164 g/mol. The Morgan fingerprint density at radius 1 is 1.54 bits per heavy atom. The van der Waals surface area contributed by atoms with Crippen molar-refractivity contribution in [2.75, 3.05) is 0 Å². The molecule has 0 radical (unpaired) electrons. The van der Waals surface area contributed by atoms with Gasteiger partial charge in [-0.05, 0) is 32.3 Å². The van der Waals surface area contributed by atoms with Crippen molar-refractivity contribution in [3.8, 4) is 0 Å². The summed E-state index contributed by atoms with van der Waals surface area (Å²) in [7, 11) is 0. The van der Waals surface area contributed by atoms with Gasteiger partial charge in [0.1, 0.15) is 0 Å². The van der Waals surface area contributed by atoms with Gasteiger partial charge in [0.25, 0.3) is 0 Å². The van der Waals surface area contributed by atoms with Crippen molar-refractivity contribution in [1.29, 1.82) is 0 Å². The predicted molar refractivity (Wildman–Crippen MR) is 54.1 cm³/mol. The standard InChI is InChI=1S/C11H18O2/c1-5-9(3)7-8-13-11(12)10(4)6-2/h6-9H,5H2,1-4H3/b8-7+,10-6-. The number of hydrogen-bond acceptors (Lipinski definition) is 2. The molecule has 0 aromatic heterocycles. The fraction of sp³-hybridized carbons (Fsp3) is 0.545. The quantitative estimate of drug-likeness (QED) is 0.379. The largest absolute Gasteiger partial charge is 0.431 e. The minimum absolute atomic E-state index is 0.276. The fourth-order valence-corrected chi connectivity index (χ4v) is 0.582. The number of ether oxygens (including phenoxy) is 1. The molecule has 0 aliphatic rings. The van der Waals surface area contributed by atoms with E-state index >= 15 is 0 Å². The molecular formula is C11H18O2. The van der Waals surface area contributed by atoms with Gasteiger partial charge in [-0.2, -0.15) is 0 Å². The van der Waals surface area contributed by atoms with Crippen LogP contribution in [-0.4, -0.2) is 5.97 Å². The van der Waals surface area contributed by atoms with Crippen LogP contribution in [0.2, 0.25) is 0 Å². The van der Waals surface area contributed by atoms with Crippen molar-refractivity contribution in [1.82, 2.24) is 0 Å². The lowest BCUT2D eigenvalue weighted by Crippen LogP contribution is -2.00. The van der Waals surface area contributed by atoms with Crippen molar-refractivity contribution in [2.24, 2.45) is 5.92 Å². The van der Waals surface area contributed by atoms with E-state index in [1.165, 1.54) is 6.26 Å². The molecule has 2 nitrogen and oxygen atoms in total. The van der Waals surface area contributed by atoms with Crippen molar-refractivity contribution >= 4 is 5.97 Å². The Morgan fingerprint density at radius 2 is 2.15 bits per heavy atom. The highest BCUT2D eigenvalue weighted by atomic mass is 16.5. The summed E-state index contributed by atoms with van der Waals surface area (Å²) < 4.78 is 4.88. The Labute approximate surface area is 80.3 Å². The number of esters is 1. The van der Waals surface area contributed by atoms with Crippen molar-refractivity contribution in [3.05, 3.63) is 24.0 Å². The van der Waals surface area contributed by atoms with Crippen LogP contribution in [0.1, 0.15) is 34.1 Å². The van der Waals surface area contributed by atoms with E-state index in [9.17, 15) is 4.79 Å². The lowest BCUT2D eigenvalue weighted by molar-refractivity contribution is -0.133. The maximum atomic E-state index is 11.1. The number of carbonyl (C=O) groups excluding carboxylic acids is 1. The molecule has 0 amide bonds. The highest BCUT2D eigenvalue weighted by molar-refractivity contribution is 5.87. The zero-order chi connectivity index (χ0) is 10.3. The van der Waals surface area contributed by atoms with E-state index in [0.29, 0.717) is 11.5 Å². The molecule has 0 spiro atoms. The van der Waals surface area contributed by atoms with E-state index in [2.05, 4.69) is 13.8 Å². The number of hydrogen-bond donors (Lipinski definition) is 0. The molecule has 0 saturated carbocycles. The fourth-order valence-electron chi connectivity index (χ4n) is 0.582. The van der Waals surface area contributed by atoms with E-state index in [4.69, 9.17) is 4.74 Å². The highest BCUT2D eigenvalue weighted by Gasteiger charge is 2.01. The van der Waals surface area contributed by atoms with Gasteiger partial charge in [-0.15, -0.1) is 0 Å². The maximum Gasteiger partial charge on any atom is 0.338 e. The maximum absolute atomic E-state index is 11.1. The van der Waals surface area contributed by atoms with Crippen molar-refractivity contribution in [2.45, 2.75) is 34.1 Å². The zero-order valence-electron chi connectivity index (χ0n) is 8.83. The Bertz CT molecular complexity index is 214. The SMILES string of the molecule is C/C=C(/C)C(=O)O/C=C/C(C)CC. The third-order valence-corrected chi connectivity index (χ3v) is 1.98. The van der Waals surface area contributed by atoms with Crippen LogP contribution in [0.25, 0.3) is 0 Å². The van der Waals surface area contributed by atoms with Gasteiger partial charge >= 0.3 is 5.97 Å². The van der Waals surface area contributed by atoms with E-state index < -0.39 is 0 Å². The van der Waals surface area contributed by atoms with Gasteiger partial charge in [-0.25, -0.2) is 4.79 Å². The molecule has 1 atom stereocenters. The second kappa shape index (κ2) is 6.46. The van der Waals surface area contributed by atoms with Gasteiger partial charge in [0.2, 0.25) is 0 Å². The van der Waals surface area contributed by atoms with Crippen LogP contribution in [0.5, 0.6) is 0 Å². The summed E-state index contributed by atoms with van der Waals surface area (Å²) in [5.41, 5.74) is 0.633. The lowest BCUT2D eigenvalue weighted by Gasteiger charge is -2.00. The lowest BCUT2D eigenvalue weighted by atomic mass is 10.1. The van der Waals surface area contributed by atoms with Gasteiger partial charge in [0.05, 0.1) is 6.26 Å². The molecule has 0 aromatic rings. The first-order chi connectivity index (χ1) is 6.11. The van der Waals surface area contributed by atoms with Crippen LogP contribution in [0, 0.1) is 5.92 Å². The summed E-state index contributed by atoms with van der Waals surface area (Å²) in [6, 6.07) is 0. The smallest absolute Gasteiger partial charge is 0.338 e. The van der Waals surface area contributed by atoms with Crippen LogP contribution in [-0.2, 0) is 9.53 Å². The first kappa shape index (κ1) is 11.9. The normalized spacial score (nSPS) is 14.6. The van der Waals surface area contributed by atoms with Gasteiger partial charge in [-0.3, -0.25) is 0 Å². The van der Waals surface area contributed by atoms with Crippen LogP contribution in [0.3, 0.4) is 0 Å². The topological polar surface area (TPSA) is 26.3 Å². The molecule has 0 bridgehead atoms. The number of carbonyl (C=O) groups is 1. The van der Waals surface area contributed by atoms with Crippen LogP contribution in [0.4, 0.5) is 0 Å². The third kappa shape index (κ3) is 5.23. The predicted octanol–water partition coefficient (Wildman–Crippen LogP) is 3.06. The average molecular weight is 182 g/mol. The molecule has 0 N–H and O–H groups in total. The molecule has 0 aliphatic heterocycles. The first-order valence-corrected chi connectivity index (χ1v) is 4.62. The van der Waals surface area contributed by atoms with Crippen LogP contribution >= 0.6 is 0 Å². The molecule has 0 fully saturated rings. The van der Waals surface area contributed by atoms with E-state index in [-0.39, 0.29) is 5.97 Å². The molecule has 13 heavy (non-hydrogen) atoms. The second-order valence-corrected chi connectivity index (χ2v) is 3.09. The minimum Gasteiger partial charge on any atom is -0.431 e. The average Bonchev–Trinajstić information content (AvgIpc) is 2.15. The number of allylic oxidation sites excluding steroid dienone is 2. The summed E-state index contributed by atoms with van der Waals surface area (Å²) in [4.78, 5) is 11.1. The van der Waals surface area contributed by atoms with Crippen LogP contribution < -0.4 is 0 Å². The summed E-state index contributed by atoms with van der Waals surface area (Å²) in [6.07, 6.45) is 6.15. The van der Waals surface area contributed by atoms with Gasteiger partial charge in [-0.1, -0.05) is 19.9 Å². The summed E-state index contributed by atoms with van der Waals surface area (Å²) in [5, 5.41) is 0. The summed E-state index contributed by atoms with van der Waals surface area (Å²) in [6.45, 7) is 7.72. The van der Waals surface area contributed by atoms with E-state index in [0.717, 1.165) is 6.42 Å². The molecule has 1 unspecified atom stereocenters. The van der Waals surface area contributed by atoms with E-state index in [1.54, 1.807) is 13.0 Å². The first-order valence-electron chi connectivity index (χ1n) is 4.62. The minimum atomic E-state index is -0.276. The molecule has 2 heteroatoms. The summed E-state index contributed by atoms with van der Waals surface area (Å²) in [5.74, 6) is 0.181. The van der Waals surface area contributed by atoms with Crippen molar-refractivity contribution < 1.29 is 9.53 Å². The zero-order valence-corrected chi connectivity index (χ0v) is 8.83. The molecule has 0 aromatic carbocycles. The second-order valence-electron chi connectivity index (χ2n) is 3.09. The Morgan fingerprint density at radius 3 is 2.62 bits per heavy atom. The van der Waals surface area contributed by atoms with Gasteiger partial charge < -0.3 is 4.74 Å².